The lowest BCUT2D eigenvalue weighted by Crippen LogP contribution is -2.11. The quantitative estimate of drug-likeness (QED) is 0.805. The number of nitrogens with zero attached hydrogens (tertiary/aromatic N) is 1. The van der Waals surface area contributed by atoms with Gasteiger partial charge in [0.1, 0.15) is 0 Å². The number of carbonyl (C=O) groups excluding carboxylic acids is 1. The number of alkyl halides is 3. The standard InChI is InChI=1S/C15H12F3NO2/c1-2-21-14(20)13-9-11(15(16,17)18)3-4-12(13)10-5-7-19-8-6-10/h3-9H,2H2,1H3. The number of pyridine rings is 1. The molecule has 2 rings (SSSR count). The van der Waals surface area contributed by atoms with Crippen molar-refractivity contribution in [3.05, 3.63) is 53.9 Å². The number of ether oxygens (including phenoxy) is 1. The van der Waals surface area contributed by atoms with Crippen LogP contribution in [0.3, 0.4) is 0 Å². The molecule has 0 aliphatic heterocycles. The van der Waals surface area contributed by atoms with E-state index < -0.39 is 17.7 Å². The number of hydrogen-bond donors (Lipinski definition) is 0. The van der Waals surface area contributed by atoms with Gasteiger partial charge in [0.15, 0.2) is 0 Å². The van der Waals surface area contributed by atoms with Crippen molar-refractivity contribution < 1.29 is 22.7 Å². The third-order valence-electron chi connectivity index (χ3n) is 2.83. The average Bonchev–Trinajstić information content (AvgIpc) is 2.47. The van der Waals surface area contributed by atoms with Gasteiger partial charge in [0.05, 0.1) is 17.7 Å². The molecule has 1 aromatic heterocycles. The molecule has 0 amide bonds. The Bertz CT molecular complexity index is 639. The first kappa shape index (κ1) is 15.0. The van der Waals surface area contributed by atoms with Crippen LogP contribution in [0.1, 0.15) is 22.8 Å². The van der Waals surface area contributed by atoms with Crippen LogP contribution in [0, 0.1) is 0 Å². The molecule has 6 heteroatoms. The van der Waals surface area contributed by atoms with Gasteiger partial charge in [-0.3, -0.25) is 4.98 Å². The maximum Gasteiger partial charge on any atom is 0.416 e. The highest BCUT2D eigenvalue weighted by Crippen LogP contribution is 2.33. The molecule has 0 spiro atoms. The van der Waals surface area contributed by atoms with Gasteiger partial charge in [-0.05, 0) is 42.3 Å². The predicted octanol–water partition coefficient (Wildman–Crippen LogP) is 3.94. The minimum absolute atomic E-state index is 0.0882. The molecule has 0 unspecified atom stereocenters. The highest BCUT2D eigenvalue weighted by Gasteiger charge is 2.32. The van der Waals surface area contributed by atoms with E-state index in [1.807, 2.05) is 0 Å². The van der Waals surface area contributed by atoms with Crippen molar-refractivity contribution in [1.29, 1.82) is 0 Å². The molecule has 0 fully saturated rings. The van der Waals surface area contributed by atoms with Gasteiger partial charge in [-0.15, -0.1) is 0 Å². The minimum atomic E-state index is -4.52. The number of rotatable bonds is 3. The van der Waals surface area contributed by atoms with Gasteiger partial charge in [-0.1, -0.05) is 6.07 Å². The van der Waals surface area contributed by atoms with Crippen molar-refractivity contribution >= 4 is 5.97 Å². The number of aromatic nitrogens is 1. The summed E-state index contributed by atoms with van der Waals surface area (Å²) in [5.74, 6) is -0.782. The Labute approximate surface area is 119 Å². The Balaban J connectivity index is 2.57. The van der Waals surface area contributed by atoms with Crippen molar-refractivity contribution in [2.75, 3.05) is 6.61 Å². The second kappa shape index (κ2) is 5.95. The normalized spacial score (nSPS) is 11.2. The number of halogens is 3. The van der Waals surface area contributed by atoms with Crippen molar-refractivity contribution in [3.8, 4) is 11.1 Å². The van der Waals surface area contributed by atoms with Crippen LogP contribution in [0.2, 0.25) is 0 Å². The Morgan fingerprint density at radius 3 is 2.43 bits per heavy atom. The van der Waals surface area contributed by atoms with Crippen molar-refractivity contribution in [2.45, 2.75) is 13.1 Å². The first-order chi connectivity index (χ1) is 9.93. The monoisotopic (exact) mass is 295 g/mol. The van der Waals surface area contributed by atoms with E-state index in [1.165, 1.54) is 18.5 Å². The molecule has 0 saturated heterocycles. The molecule has 0 N–H and O–H groups in total. The minimum Gasteiger partial charge on any atom is -0.462 e. The SMILES string of the molecule is CCOC(=O)c1cc(C(F)(F)F)ccc1-c1ccncc1. The maximum absolute atomic E-state index is 12.8. The number of benzene rings is 1. The van der Waals surface area contributed by atoms with Crippen LogP contribution in [0.25, 0.3) is 11.1 Å². The third-order valence-corrected chi connectivity index (χ3v) is 2.83. The van der Waals surface area contributed by atoms with Crippen LogP contribution >= 0.6 is 0 Å². The van der Waals surface area contributed by atoms with E-state index in [-0.39, 0.29) is 12.2 Å². The van der Waals surface area contributed by atoms with Crippen LogP contribution in [0.4, 0.5) is 13.2 Å². The van der Waals surface area contributed by atoms with Gasteiger partial charge >= 0.3 is 12.1 Å². The average molecular weight is 295 g/mol. The summed E-state index contributed by atoms with van der Waals surface area (Å²) in [6.07, 6.45) is -1.51. The maximum atomic E-state index is 12.8. The molecule has 0 bridgehead atoms. The van der Waals surface area contributed by atoms with Crippen molar-refractivity contribution in [1.82, 2.24) is 4.98 Å². The smallest absolute Gasteiger partial charge is 0.416 e. The van der Waals surface area contributed by atoms with E-state index in [4.69, 9.17) is 4.74 Å². The summed E-state index contributed by atoms with van der Waals surface area (Å²) in [6.45, 7) is 1.68. The molecule has 21 heavy (non-hydrogen) atoms. The van der Waals surface area contributed by atoms with Crippen LogP contribution in [-0.4, -0.2) is 17.6 Å². The summed E-state index contributed by atoms with van der Waals surface area (Å²) in [4.78, 5) is 15.8. The molecular weight excluding hydrogens is 283 g/mol. The van der Waals surface area contributed by atoms with Crippen LogP contribution in [0.5, 0.6) is 0 Å². The van der Waals surface area contributed by atoms with E-state index in [1.54, 1.807) is 19.1 Å². The van der Waals surface area contributed by atoms with Gasteiger partial charge in [0.25, 0.3) is 0 Å². The van der Waals surface area contributed by atoms with Gasteiger partial charge in [-0.2, -0.15) is 13.2 Å². The molecule has 0 aliphatic rings. The fraction of sp³-hybridized carbons (Fsp3) is 0.200. The highest BCUT2D eigenvalue weighted by atomic mass is 19.4. The molecule has 0 aliphatic carbocycles. The van der Waals surface area contributed by atoms with E-state index in [9.17, 15) is 18.0 Å². The Morgan fingerprint density at radius 2 is 1.86 bits per heavy atom. The lowest BCUT2D eigenvalue weighted by atomic mass is 9.98. The number of esters is 1. The van der Waals surface area contributed by atoms with E-state index in [2.05, 4.69) is 4.98 Å². The zero-order chi connectivity index (χ0) is 15.5. The molecule has 1 heterocycles. The predicted molar refractivity (Wildman–Crippen MR) is 70.6 cm³/mol. The molecule has 110 valence electrons. The molecular formula is C15H12F3NO2. The Morgan fingerprint density at radius 1 is 1.19 bits per heavy atom. The number of hydrogen-bond acceptors (Lipinski definition) is 3. The van der Waals surface area contributed by atoms with Crippen LogP contribution in [0.15, 0.2) is 42.7 Å². The third kappa shape index (κ3) is 3.39. The summed E-state index contributed by atoms with van der Waals surface area (Å²) in [7, 11) is 0. The topological polar surface area (TPSA) is 39.2 Å². The van der Waals surface area contributed by atoms with Gasteiger partial charge in [0.2, 0.25) is 0 Å². The Kier molecular flexibility index (Phi) is 4.26. The summed E-state index contributed by atoms with van der Waals surface area (Å²) in [5.41, 5.74) is -0.0214. The second-order valence-electron chi connectivity index (χ2n) is 4.21. The summed E-state index contributed by atoms with van der Waals surface area (Å²) < 4.78 is 43.2. The molecule has 1 aromatic carbocycles. The van der Waals surface area contributed by atoms with Crippen molar-refractivity contribution in [3.63, 3.8) is 0 Å². The zero-order valence-corrected chi connectivity index (χ0v) is 11.1. The molecule has 0 saturated carbocycles. The van der Waals surface area contributed by atoms with Gasteiger partial charge < -0.3 is 4.74 Å². The molecule has 0 radical (unpaired) electrons. The highest BCUT2D eigenvalue weighted by molar-refractivity contribution is 5.97. The zero-order valence-electron chi connectivity index (χ0n) is 11.1. The molecule has 2 aromatic rings. The fourth-order valence-electron chi connectivity index (χ4n) is 1.88. The summed E-state index contributed by atoms with van der Waals surface area (Å²) in [6, 6.07) is 6.26. The van der Waals surface area contributed by atoms with Gasteiger partial charge in [0, 0.05) is 12.4 Å². The largest absolute Gasteiger partial charge is 0.462 e. The first-order valence-electron chi connectivity index (χ1n) is 6.22. The summed E-state index contributed by atoms with van der Waals surface area (Å²) in [5, 5.41) is 0. The lowest BCUT2D eigenvalue weighted by Gasteiger charge is -2.13. The first-order valence-corrected chi connectivity index (χ1v) is 6.22. The van der Waals surface area contributed by atoms with Gasteiger partial charge in [-0.25, -0.2) is 4.79 Å². The lowest BCUT2D eigenvalue weighted by molar-refractivity contribution is -0.137. The Hall–Kier alpha value is -2.37. The van der Waals surface area contributed by atoms with E-state index in [0.29, 0.717) is 11.1 Å². The van der Waals surface area contributed by atoms with Crippen LogP contribution < -0.4 is 0 Å². The van der Waals surface area contributed by atoms with Crippen molar-refractivity contribution in [2.24, 2.45) is 0 Å². The molecule has 3 nitrogen and oxygen atoms in total. The van der Waals surface area contributed by atoms with E-state index in [0.717, 1.165) is 12.1 Å². The summed E-state index contributed by atoms with van der Waals surface area (Å²) >= 11 is 0. The fourth-order valence-corrected chi connectivity index (χ4v) is 1.88. The van der Waals surface area contributed by atoms with Crippen LogP contribution in [-0.2, 0) is 10.9 Å². The number of carbonyl (C=O) groups is 1. The second-order valence-corrected chi connectivity index (χ2v) is 4.21. The van der Waals surface area contributed by atoms with E-state index >= 15 is 0 Å². The molecule has 0 atom stereocenters.